The van der Waals surface area contributed by atoms with Crippen LogP contribution >= 0.6 is 11.6 Å². The van der Waals surface area contributed by atoms with E-state index in [4.69, 9.17) is 11.6 Å². The second-order valence-corrected chi connectivity index (χ2v) is 5.05. The van der Waals surface area contributed by atoms with Gasteiger partial charge in [0.15, 0.2) is 0 Å². The van der Waals surface area contributed by atoms with Crippen molar-refractivity contribution in [3.05, 3.63) is 35.4 Å². The molecule has 16 heavy (non-hydrogen) atoms. The van der Waals surface area contributed by atoms with Crippen molar-refractivity contribution in [2.45, 2.75) is 31.7 Å². The van der Waals surface area contributed by atoms with E-state index in [0.717, 1.165) is 0 Å². The first-order valence-electron chi connectivity index (χ1n) is 5.58. The predicted octanol–water partition coefficient (Wildman–Crippen LogP) is 2.90. The number of hydrogen-bond acceptors (Lipinski definition) is 1. The van der Waals surface area contributed by atoms with Gasteiger partial charge in [-0.15, -0.1) is 11.6 Å². The average molecular weight is 238 g/mol. The van der Waals surface area contributed by atoms with Crippen LogP contribution in [0.1, 0.15) is 30.5 Å². The first kappa shape index (κ1) is 11.5. The zero-order chi connectivity index (χ0) is 11.7. The van der Waals surface area contributed by atoms with Crippen molar-refractivity contribution in [3.63, 3.8) is 0 Å². The van der Waals surface area contributed by atoms with Crippen molar-refractivity contribution < 1.29 is 4.79 Å². The molecule has 86 valence electrons. The van der Waals surface area contributed by atoms with E-state index >= 15 is 0 Å². The van der Waals surface area contributed by atoms with Crippen molar-refractivity contribution in [2.24, 2.45) is 0 Å². The topological polar surface area (TPSA) is 20.3 Å². The number of carbonyl (C=O) groups excluding carboxylic acids is 1. The maximum absolute atomic E-state index is 11.7. The van der Waals surface area contributed by atoms with Crippen LogP contribution in [0, 0.1) is 6.92 Å². The van der Waals surface area contributed by atoms with Gasteiger partial charge in [0.25, 0.3) is 0 Å². The monoisotopic (exact) mass is 237 g/mol. The molecule has 2 rings (SSSR count). The molecule has 1 amide bonds. The van der Waals surface area contributed by atoms with Gasteiger partial charge < -0.3 is 4.90 Å². The Hall–Kier alpha value is -1.02. The highest BCUT2D eigenvalue weighted by Crippen LogP contribution is 2.27. The molecule has 3 heteroatoms. The van der Waals surface area contributed by atoms with E-state index in [1.807, 2.05) is 4.90 Å². The summed E-state index contributed by atoms with van der Waals surface area (Å²) in [6.45, 7) is 4.77. The number of hydrogen-bond donors (Lipinski definition) is 0. The van der Waals surface area contributed by atoms with Crippen LogP contribution in [0.4, 0.5) is 0 Å². The standard InChI is InChI=1S/C13H16ClNO/c1-9-3-5-11(6-4-9)10(2)15-8-12(14)7-13(15)16/h3-6,10,12H,7-8H2,1-2H3. The number of rotatable bonds is 2. The van der Waals surface area contributed by atoms with Crippen LogP contribution < -0.4 is 0 Å². The highest BCUT2D eigenvalue weighted by atomic mass is 35.5. The van der Waals surface area contributed by atoms with E-state index in [0.29, 0.717) is 13.0 Å². The van der Waals surface area contributed by atoms with Crippen molar-refractivity contribution in [1.82, 2.24) is 4.90 Å². The fourth-order valence-corrected chi connectivity index (χ4v) is 2.37. The van der Waals surface area contributed by atoms with E-state index in [1.54, 1.807) is 0 Å². The fraction of sp³-hybridized carbons (Fsp3) is 0.462. The van der Waals surface area contributed by atoms with Gasteiger partial charge >= 0.3 is 0 Å². The van der Waals surface area contributed by atoms with Crippen LogP contribution in [0.5, 0.6) is 0 Å². The molecule has 0 aromatic heterocycles. The molecule has 2 unspecified atom stereocenters. The number of nitrogens with zero attached hydrogens (tertiary/aromatic N) is 1. The van der Waals surface area contributed by atoms with E-state index < -0.39 is 0 Å². The van der Waals surface area contributed by atoms with Gasteiger partial charge in [0.05, 0.1) is 11.4 Å². The normalized spacial score (nSPS) is 22.6. The molecule has 1 aliphatic rings. The van der Waals surface area contributed by atoms with Crippen LogP contribution in [0.15, 0.2) is 24.3 Å². The van der Waals surface area contributed by atoms with E-state index in [1.165, 1.54) is 11.1 Å². The Balaban J connectivity index is 2.16. The molecule has 0 spiro atoms. The average Bonchev–Trinajstić information content (AvgIpc) is 2.58. The minimum atomic E-state index is -0.0274. The molecule has 0 saturated carbocycles. The van der Waals surface area contributed by atoms with Crippen molar-refractivity contribution in [1.29, 1.82) is 0 Å². The van der Waals surface area contributed by atoms with Crippen LogP contribution in [0.3, 0.4) is 0 Å². The number of benzene rings is 1. The lowest BCUT2D eigenvalue weighted by atomic mass is 10.1. The van der Waals surface area contributed by atoms with Crippen molar-refractivity contribution >= 4 is 17.5 Å². The fourth-order valence-electron chi connectivity index (χ4n) is 2.09. The van der Waals surface area contributed by atoms with Gasteiger partial charge in [-0.25, -0.2) is 0 Å². The lowest BCUT2D eigenvalue weighted by molar-refractivity contribution is -0.129. The van der Waals surface area contributed by atoms with E-state index in [2.05, 4.69) is 38.1 Å². The molecule has 0 radical (unpaired) electrons. The molecule has 1 heterocycles. The Morgan fingerprint density at radius 3 is 2.50 bits per heavy atom. The van der Waals surface area contributed by atoms with Gasteiger partial charge in [-0.1, -0.05) is 29.8 Å². The summed E-state index contributed by atoms with van der Waals surface area (Å²) in [6.07, 6.45) is 0.470. The molecular formula is C13H16ClNO. The second-order valence-electron chi connectivity index (χ2n) is 4.43. The summed E-state index contributed by atoms with van der Waals surface area (Å²) >= 11 is 6.00. The van der Waals surface area contributed by atoms with Gasteiger partial charge in [-0.2, -0.15) is 0 Å². The number of aryl methyl sites for hydroxylation is 1. The van der Waals surface area contributed by atoms with Gasteiger partial charge in [0.2, 0.25) is 5.91 Å². The number of carbonyl (C=O) groups is 1. The summed E-state index contributed by atoms with van der Waals surface area (Å²) in [6, 6.07) is 8.43. The Bertz CT molecular complexity index is 387. The minimum Gasteiger partial charge on any atom is -0.334 e. The molecule has 1 aromatic rings. The molecule has 2 nitrogen and oxygen atoms in total. The summed E-state index contributed by atoms with van der Waals surface area (Å²) < 4.78 is 0. The smallest absolute Gasteiger partial charge is 0.224 e. The number of likely N-dealkylation sites (tertiary alicyclic amines) is 1. The summed E-state index contributed by atoms with van der Waals surface area (Å²) in [4.78, 5) is 13.6. The third-order valence-corrected chi connectivity index (χ3v) is 3.43. The maximum atomic E-state index is 11.7. The highest BCUT2D eigenvalue weighted by Gasteiger charge is 2.31. The van der Waals surface area contributed by atoms with Crippen LogP contribution in [-0.2, 0) is 4.79 Å². The first-order valence-corrected chi connectivity index (χ1v) is 6.01. The molecule has 0 aliphatic carbocycles. The zero-order valence-electron chi connectivity index (χ0n) is 9.61. The molecule has 1 aliphatic heterocycles. The Morgan fingerprint density at radius 1 is 1.38 bits per heavy atom. The highest BCUT2D eigenvalue weighted by molar-refractivity contribution is 6.22. The maximum Gasteiger partial charge on any atom is 0.224 e. The van der Waals surface area contributed by atoms with Crippen molar-refractivity contribution in [2.75, 3.05) is 6.54 Å². The van der Waals surface area contributed by atoms with Gasteiger partial charge in [-0.3, -0.25) is 4.79 Å². The van der Waals surface area contributed by atoms with Gasteiger partial charge in [-0.05, 0) is 19.4 Å². The first-order chi connectivity index (χ1) is 7.58. The molecule has 1 aromatic carbocycles. The summed E-state index contributed by atoms with van der Waals surface area (Å²) in [7, 11) is 0. The second kappa shape index (κ2) is 4.46. The predicted molar refractivity (Wildman–Crippen MR) is 65.6 cm³/mol. The SMILES string of the molecule is Cc1ccc(C(C)N2CC(Cl)CC2=O)cc1. The lowest BCUT2D eigenvalue weighted by Crippen LogP contribution is -2.28. The van der Waals surface area contributed by atoms with Gasteiger partial charge in [0, 0.05) is 13.0 Å². The van der Waals surface area contributed by atoms with E-state index in [9.17, 15) is 4.79 Å². The number of alkyl halides is 1. The third-order valence-electron chi connectivity index (χ3n) is 3.14. The Kier molecular flexibility index (Phi) is 3.20. The molecular weight excluding hydrogens is 222 g/mol. The number of halogens is 1. The Morgan fingerprint density at radius 2 is 2.00 bits per heavy atom. The molecule has 1 saturated heterocycles. The molecule has 1 fully saturated rings. The molecule has 0 N–H and O–H groups in total. The summed E-state index contributed by atoms with van der Waals surface area (Å²) in [5, 5.41) is -0.0274. The van der Waals surface area contributed by atoms with Crippen LogP contribution in [0.25, 0.3) is 0 Å². The van der Waals surface area contributed by atoms with Gasteiger partial charge in [0.1, 0.15) is 0 Å². The lowest BCUT2D eigenvalue weighted by Gasteiger charge is -2.24. The zero-order valence-corrected chi connectivity index (χ0v) is 10.4. The largest absolute Gasteiger partial charge is 0.334 e. The molecule has 2 atom stereocenters. The number of amides is 1. The summed E-state index contributed by atoms with van der Waals surface area (Å²) in [5.41, 5.74) is 2.41. The quantitative estimate of drug-likeness (QED) is 0.725. The van der Waals surface area contributed by atoms with Crippen LogP contribution in [-0.4, -0.2) is 22.7 Å². The van der Waals surface area contributed by atoms with Crippen LogP contribution in [0.2, 0.25) is 0 Å². The summed E-state index contributed by atoms with van der Waals surface area (Å²) in [5.74, 6) is 0.160. The van der Waals surface area contributed by atoms with E-state index in [-0.39, 0.29) is 17.3 Å². The van der Waals surface area contributed by atoms with Crippen molar-refractivity contribution in [3.8, 4) is 0 Å². The Labute approximate surface area is 101 Å². The third kappa shape index (κ3) is 2.22. The minimum absolute atomic E-state index is 0.0274. The molecule has 0 bridgehead atoms.